The summed E-state index contributed by atoms with van der Waals surface area (Å²) < 4.78 is 4.93. The SMILES string of the molecule is CCc1ccc(CC)c(C(O)COCC(=O)O)c1. The van der Waals surface area contributed by atoms with Gasteiger partial charge in [-0.1, -0.05) is 32.0 Å². The lowest BCUT2D eigenvalue weighted by Gasteiger charge is -2.16. The highest BCUT2D eigenvalue weighted by molar-refractivity contribution is 5.67. The maximum absolute atomic E-state index is 10.3. The lowest BCUT2D eigenvalue weighted by atomic mass is 9.97. The Morgan fingerprint density at radius 1 is 1.33 bits per heavy atom. The van der Waals surface area contributed by atoms with Gasteiger partial charge in [0.2, 0.25) is 0 Å². The summed E-state index contributed by atoms with van der Waals surface area (Å²) >= 11 is 0. The second-order valence-corrected chi connectivity index (χ2v) is 4.16. The predicted octanol–water partition coefficient (Wildman–Crippen LogP) is 1.95. The molecule has 1 unspecified atom stereocenters. The van der Waals surface area contributed by atoms with Crippen LogP contribution in [0.3, 0.4) is 0 Å². The van der Waals surface area contributed by atoms with Crippen LogP contribution in [0.5, 0.6) is 0 Å². The summed E-state index contributed by atoms with van der Waals surface area (Å²) in [4.78, 5) is 10.3. The summed E-state index contributed by atoms with van der Waals surface area (Å²) in [5.74, 6) is -1.03. The van der Waals surface area contributed by atoms with E-state index in [1.807, 2.05) is 25.1 Å². The minimum atomic E-state index is -1.03. The van der Waals surface area contributed by atoms with Gasteiger partial charge in [0.15, 0.2) is 0 Å². The monoisotopic (exact) mass is 252 g/mol. The highest BCUT2D eigenvalue weighted by atomic mass is 16.5. The molecule has 0 saturated heterocycles. The third kappa shape index (κ3) is 4.13. The van der Waals surface area contributed by atoms with Crippen LogP contribution in [0.1, 0.15) is 36.6 Å². The van der Waals surface area contributed by atoms with E-state index in [0.717, 1.165) is 29.5 Å². The number of aliphatic hydroxyl groups is 1. The lowest BCUT2D eigenvalue weighted by Crippen LogP contribution is -2.14. The number of aryl methyl sites for hydroxylation is 2. The van der Waals surface area contributed by atoms with Crippen LogP contribution in [0, 0.1) is 0 Å². The molecule has 1 aromatic carbocycles. The second-order valence-electron chi connectivity index (χ2n) is 4.16. The lowest BCUT2D eigenvalue weighted by molar-refractivity contribution is -0.143. The summed E-state index contributed by atoms with van der Waals surface area (Å²) in [5.41, 5.74) is 3.06. The smallest absolute Gasteiger partial charge is 0.329 e. The number of hydrogen-bond donors (Lipinski definition) is 2. The number of ether oxygens (including phenoxy) is 1. The van der Waals surface area contributed by atoms with Crippen LogP contribution in [0.2, 0.25) is 0 Å². The Hall–Kier alpha value is -1.39. The molecule has 0 spiro atoms. The van der Waals surface area contributed by atoms with E-state index >= 15 is 0 Å². The Kier molecular flexibility index (Phi) is 5.82. The van der Waals surface area contributed by atoms with Crippen molar-refractivity contribution in [2.45, 2.75) is 32.8 Å². The Balaban J connectivity index is 2.75. The van der Waals surface area contributed by atoms with E-state index in [1.54, 1.807) is 0 Å². The van der Waals surface area contributed by atoms with Gasteiger partial charge in [-0.25, -0.2) is 4.79 Å². The number of aliphatic hydroxyl groups excluding tert-OH is 1. The molecule has 0 radical (unpaired) electrons. The fraction of sp³-hybridized carbons (Fsp3) is 0.500. The quantitative estimate of drug-likeness (QED) is 0.778. The minimum absolute atomic E-state index is 0.00642. The van der Waals surface area contributed by atoms with Crippen molar-refractivity contribution < 1.29 is 19.7 Å². The number of carbonyl (C=O) groups is 1. The molecule has 4 heteroatoms. The topological polar surface area (TPSA) is 66.8 Å². The van der Waals surface area contributed by atoms with Gasteiger partial charge in [-0.3, -0.25) is 0 Å². The van der Waals surface area contributed by atoms with Crippen molar-refractivity contribution in [1.82, 2.24) is 0 Å². The van der Waals surface area contributed by atoms with Gasteiger partial charge >= 0.3 is 5.97 Å². The Morgan fingerprint density at radius 3 is 2.61 bits per heavy atom. The molecule has 18 heavy (non-hydrogen) atoms. The van der Waals surface area contributed by atoms with Gasteiger partial charge in [-0.05, 0) is 29.5 Å². The zero-order chi connectivity index (χ0) is 13.5. The normalized spacial score (nSPS) is 12.4. The van der Waals surface area contributed by atoms with Gasteiger partial charge in [-0.2, -0.15) is 0 Å². The van der Waals surface area contributed by atoms with E-state index in [2.05, 4.69) is 6.92 Å². The van der Waals surface area contributed by atoms with Crippen LogP contribution in [-0.2, 0) is 22.4 Å². The predicted molar refractivity (Wildman–Crippen MR) is 68.6 cm³/mol. The number of carboxylic acid groups (broad SMARTS) is 1. The number of aliphatic carboxylic acids is 1. The van der Waals surface area contributed by atoms with Crippen molar-refractivity contribution in [2.24, 2.45) is 0 Å². The zero-order valence-corrected chi connectivity index (χ0v) is 10.8. The molecule has 1 rings (SSSR count). The number of benzene rings is 1. The van der Waals surface area contributed by atoms with Gasteiger partial charge in [-0.15, -0.1) is 0 Å². The third-order valence-electron chi connectivity index (χ3n) is 2.86. The molecular formula is C14H20O4. The zero-order valence-electron chi connectivity index (χ0n) is 10.8. The molecule has 0 heterocycles. The fourth-order valence-corrected chi connectivity index (χ4v) is 1.84. The van der Waals surface area contributed by atoms with Crippen molar-refractivity contribution >= 4 is 5.97 Å². The van der Waals surface area contributed by atoms with Crippen molar-refractivity contribution in [2.75, 3.05) is 13.2 Å². The maximum Gasteiger partial charge on any atom is 0.329 e. The van der Waals surface area contributed by atoms with E-state index in [1.165, 1.54) is 0 Å². The fourth-order valence-electron chi connectivity index (χ4n) is 1.84. The average Bonchev–Trinajstić information content (AvgIpc) is 2.37. The summed E-state index contributed by atoms with van der Waals surface area (Å²) in [6.45, 7) is 3.70. The highest BCUT2D eigenvalue weighted by Crippen LogP contribution is 2.21. The van der Waals surface area contributed by atoms with Crippen LogP contribution < -0.4 is 0 Å². The van der Waals surface area contributed by atoms with Crippen LogP contribution in [0.4, 0.5) is 0 Å². The molecule has 2 N–H and O–H groups in total. The summed E-state index contributed by atoms with van der Waals surface area (Å²) in [6, 6.07) is 6.02. The first kappa shape index (κ1) is 14.7. The largest absolute Gasteiger partial charge is 0.480 e. The number of hydrogen-bond acceptors (Lipinski definition) is 3. The molecule has 0 saturated carbocycles. The van der Waals surface area contributed by atoms with Gasteiger partial charge in [0.05, 0.1) is 6.61 Å². The summed E-state index contributed by atoms with van der Waals surface area (Å²) in [6.07, 6.45) is 0.959. The Labute approximate surface area is 107 Å². The van der Waals surface area contributed by atoms with E-state index in [9.17, 15) is 9.90 Å². The van der Waals surface area contributed by atoms with E-state index in [0.29, 0.717) is 0 Å². The van der Waals surface area contributed by atoms with Crippen LogP contribution in [0.25, 0.3) is 0 Å². The standard InChI is InChI=1S/C14H20O4/c1-3-10-5-6-11(4-2)12(7-10)13(15)8-18-9-14(16)17/h5-7,13,15H,3-4,8-9H2,1-2H3,(H,16,17). The van der Waals surface area contributed by atoms with Gasteiger partial charge in [0, 0.05) is 0 Å². The molecule has 0 aliphatic carbocycles. The molecule has 0 aromatic heterocycles. The van der Waals surface area contributed by atoms with Crippen LogP contribution in [-0.4, -0.2) is 29.4 Å². The number of carboxylic acids is 1. The average molecular weight is 252 g/mol. The molecule has 1 atom stereocenters. The van der Waals surface area contributed by atoms with Gasteiger partial charge in [0.25, 0.3) is 0 Å². The van der Waals surface area contributed by atoms with Crippen LogP contribution >= 0.6 is 0 Å². The molecule has 0 aliphatic rings. The molecule has 0 fully saturated rings. The Bertz CT molecular complexity index is 401. The first-order valence-electron chi connectivity index (χ1n) is 6.17. The van der Waals surface area contributed by atoms with Crippen molar-refractivity contribution in [3.8, 4) is 0 Å². The molecule has 0 amide bonds. The second kappa shape index (κ2) is 7.13. The molecule has 0 aliphatic heterocycles. The molecule has 100 valence electrons. The van der Waals surface area contributed by atoms with Crippen molar-refractivity contribution in [3.63, 3.8) is 0 Å². The van der Waals surface area contributed by atoms with E-state index < -0.39 is 12.1 Å². The number of rotatable bonds is 7. The third-order valence-corrected chi connectivity index (χ3v) is 2.86. The maximum atomic E-state index is 10.3. The molecule has 0 bridgehead atoms. The van der Waals surface area contributed by atoms with E-state index in [-0.39, 0.29) is 13.2 Å². The summed E-state index contributed by atoms with van der Waals surface area (Å²) in [7, 11) is 0. The molecule has 1 aromatic rings. The van der Waals surface area contributed by atoms with Gasteiger partial charge < -0.3 is 14.9 Å². The van der Waals surface area contributed by atoms with Crippen molar-refractivity contribution in [3.05, 3.63) is 34.9 Å². The van der Waals surface area contributed by atoms with Gasteiger partial charge in [0.1, 0.15) is 12.7 Å². The van der Waals surface area contributed by atoms with Crippen molar-refractivity contribution in [1.29, 1.82) is 0 Å². The van der Waals surface area contributed by atoms with E-state index in [4.69, 9.17) is 9.84 Å². The van der Waals surface area contributed by atoms with Crippen LogP contribution in [0.15, 0.2) is 18.2 Å². The highest BCUT2D eigenvalue weighted by Gasteiger charge is 2.13. The Morgan fingerprint density at radius 2 is 2.06 bits per heavy atom. The molecular weight excluding hydrogens is 232 g/mol. The first-order chi connectivity index (χ1) is 8.58. The molecule has 4 nitrogen and oxygen atoms in total. The first-order valence-corrected chi connectivity index (χ1v) is 6.17. The minimum Gasteiger partial charge on any atom is -0.480 e. The summed E-state index contributed by atoms with van der Waals surface area (Å²) in [5, 5.41) is 18.5.